The molecule has 0 saturated carbocycles. The fourth-order valence-electron chi connectivity index (χ4n) is 0.474. The Labute approximate surface area is 72.3 Å². The van der Waals surface area contributed by atoms with Crippen LogP contribution in [0.5, 0.6) is 0 Å². The molecule has 0 aliphatic heterocycles. The van der Waals surface area contributed by atoms with Crippen molar-refractivity contribution in [2.75, 3.05) is 0 Å². The molecule has 1 heterocycles. The lowest BCUT2D eigenvalue weighted by Crippen LogP contribution is -1.91. The Bertz CT molecular complexity index is 308. The predicted octanol–water partition coefficient (Wildman–Crippen LogP) is -0.0995. The molecule has 1 rings (SSSR count). The molecule has 7 heteroatoms. The maximum absolute atomic E-state index is 10.1. The zero-order valence-electron chi connectivity index (χ0n) is 6.21. The topological polar surface area (TPSA) is 80.9 Å². The number of hydrogen-bond donors (Lipinski definition) is 1. The Morgan fingerprint density at radius 3 is 3.00 bits per heavy atom. The number of carboxylic acids is 1. The quantitative estimate of drug-likeness (QED) is 0.524. The predicted molar refractivity (Wildman–Crippen MR) is 41.4 cm³/mol. The maximum atomic E-state index is 10.1. The summed E-state index contributed by atoms with van der Waals surface area (Å²) in [6.07, 6.45) is 1.03. The molecule has 0 aromatic carbocycles. The Kier molecular flexibility index (Phi) is 2.81. The number of aliphatic carboxylic acids is 1. The summed E-state index contributed by atoms with van der Waals surface area (Å²) >= 11 is 1.15. The summed E-state index contributed by atoms with van der Waals surface area (Å²) in [6.45, 7) is 0. The maximum Gasteiger partial charge on any atom is 0.328 e. The van der Waals surface area contributed by atoms with Crippen LogP contribution < -0.4 is 0 Å². The fraction of sp³-hybridized carbons (Fsp3) is 0.200. The average molecular weight is 186 g/mol. The van der Waals surface area contributed by atoms with E-state index in [1.54, 1.807) is 7.05 Å². The van der Waals surface area contributed by atoms with Crippen LogP contribution in [-0.4, -0.2) is 31.3 Å². The van der Waals surface area contributed by atoms with E-state index < -0.39 is 5.97 Å². The van der Waals surface area contributed by atoms with Crippen LogP contribution in [0.2, 0.25) is 0 Å². The van der Waals surface area contributed by atoms with Crippen LogP contribution in [0, 0.1) is 0 Å². The number of nitrogens with zero attached hydrogens (tertiary/aromatic N) is 4. The SMILES string of the molecule is Cn1nnnc1SC=CC(=O)O. The van der Waals surface area contributed by atoms with Gasteiger partial charge < -0.3 is 5.11 Å². The zero-order valence-corrected chi connectivity index (χ0v) is 7.02. The third-order valence-corrected chi connectivity index (χ3v) is 1.79. The highest BCUT2D eigenvalue weighted by Crippen LogP contribution is 2.12. The van der Waals surface area contributed by atoms with Gasteiger partial charge in [0.25, 0.3) is 0 Å². The van der Waals surface area contributed by atoms with Crippen molar-refractivity contribution < 1.29 is 9.90 Å². The molecule has 12 heavy (non-hydrogen) atoms. The van der Waals surface area contributed by atoms with Gasteiger partial charge >= 0.3 is 5.97 Å². The average Bonchev–Trinajstić information content (AvgIpc) is 2.36. The first-order chi connectivity index (χ1) is 5.70. The largest absolute Gasteiger partial charge is 0.478 e. The van der Waals surface area contributed by atoms with Gasteiger partial charge in [0.05, 0.1) is 0 Å². The normalized spacial score (nSPS) is 10.8. The fourth-order valence-corrected chi connectivity index (χ4v) is 1.05. The summed E-state index contributed by atoms with van der Waals surface area (Å²) in [5, 5.41) is 20.8. The van der Waals surface area contributed by atoms with E-state index in [0.717, 1.165) is 17.8 Å². The smallest absolute Gasteiger partial charge is 0.328 e. The van der Waals surface area contributed by atoms with Gasteiger partial charge in [-0.15, -0.1) is 5.10 Å². The van der Waals surface area contributed by atoms with E-state index in [-0.39, 0.29) is 0 Å². The van der Waals surface area contributed by atoms with E-state index in [1.807, 2.05) is 0 Å². The molecule has 0 amide bonds. The molecule has 0 bridgehead atoms. The van der Waals surface area contributed by atoms with E-state index in [4.69, 9.17) is 5.11 Å². The Balaban J connectivity index is 2.54. The molecule has 0 fully saturated rings. The minimum atomic E-state index is -0.988. The molecule has 1 aromatic rings. The van der Waals surface area contributed by atoms with Gasteiger partial charge in [0, 0.05) is 13.1 Å². The molecule has 0 aliphatic carbocycles. The van der Waals surface area contributed by atoms with Crippen LogP contribution in [-0.2, 0) is 11.8 Å². The number of aryl methyl sites for hydroxylation is 1. The van der Waals surface area contributed by atoms with Gasteiger partial charge in [-0.05, 0) is 15.8 Å². The Morgan fingerprint density at radius 1 is 1.75 bits per heavy atom. The van der Waals surface area contributed by atoms with Crippen molar-refractivity contribution in [1.29, 1.82) is 0 Å². The molecule has 0 saturated heterocycles. The van der Waals surface area contributed by atoms with Gasteiger partial charge in [0.2, 0.25) is 5.16 Å². The molecule has 0 radical (unpaired) electrons. The van der Waals surface area contributed by atoms with E-state index in [1.165, 1.54) is 10.1 Å². The molecule has 1 aromatic heterocycles. The first-order valence-electron chi connectivity index (χ1n) is 2.98. The summed E-state index contributed by atoms with van der Waals surface area (Å²) in [5.74, 6) is -0.988. The summed E-state index contributed by atoms with van der Waals surface area (Å²) in [5.41, 5.74) is 0. The van der Waals surface area contributed by atoms with Crippen molar-refractivity contribution in [3.05, 3.63) is 11.5 Å². The molecule has 6 nitrogen and oxygen atoms in total. The number of aromatic nitrogens is 4. The molecule has 0 spiro atoms. The van der Waals surface area contributed by atoms with Crippen LogP contribution in [0.15, 0.2) is 16.6 Å². The molecule has 0 atom stereocenters. The van der Waals surface area contributed by atoms with Crippen LogP contribution in [0.4, 0.5) is 0 Å². The summed E-state index contributed by atoms with van der Waals surface area (Å²) in [6, 6.07) is 0. The molecule has 1 N–H and O–H groups in total. The van der Waals surface area contributed by atoms with Crippen molar-refractivity contribution >= 4 is 17.7 Å². The summed E-state index contributed by atoms with van der Waals surface area (Å²) in [7, 11) is 1.68. The van der Waals surface area contributed by atoms with Crippen LogP contribution >= 0.6 is 11.8 Å². The van der Waals surface area contributed by atoms with Crippen LogP contribution in [0.3, 0.4) is 0 Å². The van der Waals surface area contributed by atoms with Gasteiger partial charge in [-0.1, -0.05) is 11.8 Å². The van der Waals surface area contributed by atoms with E-state index in [2.05, 4.69) is 15.5 Å². The molecular weight excluding hydrogens is 180 g/mol. The first kappa shape index (κ1) is 8.72. The van der Waals surface area contributed by atoms with Gasteiger partial charge in [0.1, 0.15) is 0 Å². The minimum absolute atomic E-state index is 0.549. The molecule has 0 unspecified atom stereocenters. The van der Waals surface area contributed by atoms with E-state index >= 15 is 0 Å². The second-order valence-electron chi connectivity index (χ2n) is 1.84. The lowest BCUT2D eigenvalue weighted by molar-refractivity contribution is -0.131. The van der Waals surface area contributed by atoms with Gasteiger partial charge in [0.15, 0.2) is 0 Å². The standard InChI is InChI=1S/C5H6N4O2S/c1-9-5(6-7-8-9)12-3-2-4(10)11/h2-3H,1H3,(H,10,11). The number of hydrogen-bond acceptors (Lipinski definition) is 5. The van der Waals surface area contributed by atoms with E-state index in [0.29, 0.717) is 5.16 Å². The number of tetrazole rings is 1. The zero-order chi connectivity index (χ0) is 8.97. The second kappa shape index (κ2) is 3.86. The first-order valence-corrected chi connectivity index (χ1v) is 3.86. The highest BCUT2D eigenvalue weighted by Gasteiger charge is 1.98. The monoisotopic (exact) mass is 186 g/mol. The summed E-state index contributed by atoms with van der Waals surface area (Å²) in [4.78, 5) is 10.1. The van der Waals surface area contributed by atoms with Gasteiger partial charge in [-0.2, -0.15) is 0 Å². The minimum Gasteiger partial charge on any atom is -0.478 e. The summed E-state index contributed by atoms with van der Waals surface area (Å²) < 4.78 is 1.46. The van der Waals surface area contributed by atoms with Crippen LogP contribution in [0.25, 0.3) is 0 Å². The lowest BCUT2D eigenvalue weighted by atomic mass is 10.7. The van der Waals surface area contributed by atoms with Crippen LogP contribution in [0.1, 0.15) is 0 Å². The third-order valence-electron chi connectivity index (χ3n) is 0.965. The van der Waals surface area contributed by atoms with Crippen molar-refractivity contribution in [2.45, 2.75) is 5.16 Å². The Hall–Kier alpha value is -1.37. The van der Waals surface area contributed by atoms with Crippen molar-refractivity contribution in [3.8, 4) is 0 Å². The Morgan fingerprint density at radius 2 is 2.50 bits per heavy atom. The number of thioether (sulfide) groups is 1. The van der Waals surface area contributed by atoms with Crippen molar-refractivity contribution in [1.82, 2.24) is 20.2 Å². The molecular formula is C5H6N4O2S. The third kappa shape index (κ3) is 2.35. The number of rotatable bonds is 3. The molecule has 64 valence electrons. The van der Waals surface area contributed by atoms with Crippen molar-refractivity contribution in [2.24, 2.45) is 7.05 Å². The van der Waals surface area contributed by atoms with Gasteiger partial charge in [-0.3, -0.25) is 0 Å². The van der Waals surface area contributed by atoms with Gasteiger partial charge in [-0.25, -0.2) is 9.48 Å². The number of carbonyl (C=O) groups is 1. The lowest BCUT2D eigenvalue weighted by Gasteiger charge is -1.89. The van der Waals surface area contributed by atoms with E-state index in [9.17, 15) is 4.79 Å². The molecule has 0 aliphatic rings. The highest BCUT2D eigenvalue weighted by molar-refractivity contribution is 8.02. The second-order valence-corrected chi connectivity index (χ2v) is 2.72. The number of carboxylic acid groups (broad SMARTS) is 1. The van der Waals surface area contributed by atoms with Crippen molar-refractivity contribution in [3.63, 3.8) is 0 Å². The highest BCUT2D eigenvalue weighted by atomic mass is 32.2.